The molecule has 0 unspecified atom stereocenters. The van der Waals surface area contributed by atoms with Gasteiger partial charge in [-0.15, -0.1) is 0 Å². The van der Waals surface area contributed by atoms with Gasteiger partial charge in [0.05, 0.1) is 19.1 Å². The van der Waals surface area contributed by atoms with Gasteiger partial charge in [-0.05, 0) is 51.3 Å². The van der Waals surface area contributed by atoms with Crippen LogP contribution in [0.15, 0.2) is 48.5 Å². The molecule has 0 aliphatic heterocycles. The van der Waals surface area contributed by atoms with Gasteiger partial charge in [0.2, 0.25) is 21.8 Å². The first kappa shape index (κ1) is 29.2. The Morgan fingerprint density at radius 3 is 2.39 bits per heavy atom. The molecular weight excluding hydrogens is 478 g/mol. The van der Waals surface area contributed by atoms with Crippen LogP contribution in [-0.4, -0.2) is 57.1 Å². The fourth-order valence-corrected chi connectivity index (χ4v) is 4.84. The van der Waals surface area contributed by atoms with Crippen molar-refractivity contribution >= 4 is 27.5 Å². The highest BCUT2D eigenvalue weighted by atomic mass is 32.2. The fourth-order valence-electron chi connectivity index (χ4n) is 3.87. The summed E-state index contributed by atoms with van der Waals surface area (Å²) in [6.45, 7) is 8.01. The molecular formula is C27H39N3O5S. The summed E-state index contributed by atoms with van der Waals surface area (Å²) < 4.78 is 31.7. The van der Waals surface area contributed by atoms with Crippen molar-refractivity contribution in [3.63, 3.8) is 0 Å². The average Bonchev–Trinajstić information content (AvgIpc) is 2.83. The van der Waals surface area contributed by atoms with Gasteiger partial charge < -0.3 is 15.0 Å². The van der Waals surface area contributed by atoms with E-state index in [9.17, 15) is 18.0 Å². The molecule has 0 saturated carbocycles. The van der Waals surface area contributed by atoms with E-state index >= 15 is 0 Å². The van der Waals surface area contributed by atoms with Crippen LogP contribution < -0.4 is 14.4 Å². The van der Waals surface area contributed by atoms with E-state index in [1.54, 1.807) is 36.1 Å². The zero-order valence-electron chi connectivity index (χ0n) is 22.2. The molecule has 0 fully saturated rings. The number of rotatable bonds is 13. The maximum absolute atomic E-state index is 13.4. The lowest BCUT2D eigenvalue weighted by atomic mass is 10.1. The maximum atomic E-state index is 13.4. The molecule has 2 rings (SSSR count). The first-order valence-corrected chi connectivity index (χ1v) is 14.1. The van der Waals surface area contributed by atoms with Crippen molar-refractivity contribution in [3.05, 3.63) is 59.7 Å². The minimum atomic E-state index is -3.60. The number of hydrogen-bond acceptors (Lipinski definition) is 5. The number of sulfonamides is 1. The molecule has 1 N–H and O–H groups in total. The third kappa shape index (κ3) is 8.26. The van der Waals surface area contributed by atoms with Crippen molar-refractivity contribution in [1.82, 2.24) is 10.2 Å². The van der Waals surface area contributed by atoms with E-state index in [-0.39, 0.29) is 43.8 Å². The first-order valence-electron chi connectivity index (χ1n) is 12.2. The Morgan fingerprint density at radius 1 is 1.08 bits per heavy atom. The van der Waals surface area contributed by atoms with Crippen LogP contribution in [0.2, 0.25) is 0 Å². The van der Waals surface area contributed by atoms with Gasteiger partial charge in [-0.1, -0.05) is 48.9 Å². The van der Waals surface area contributed by atoms with Crippen LogP contribution in [0, 0.1) is 6.92 Å². The molecule has 2 atom stereocenters. The van der Waals surface area contributed by atoms with E-state index in [4.69, 9.17) is 4.74 Å². The predicted octanol–water partition coefficient (Wildman–Crippen LogP) is 3.88. The SMILES string of the molecule is CC[C@H](C)NC(=O)[C@H](C)N(Cc1cccc(C)c1)C(=O)CCCN(c1ccccc1OC)S(C)(=O)=O. The zero-order chi connectivity index (χ0) is 26.9. The van der Waals surface area contributed by atoms with E-state index in [1.807, 2.05) is 45.0 Å². The topological polar surface area (TPSA) is 96.0 Å². The minimum Gasteiger partial charge on any atom is -0.495 e. The summed E-state index contributed by atoms with van der Waals surface area (Å²) in [5.41, 5.74) is 2.42. The van der Waals surface area contributed by atoms with E-state index in [2.05, 4.69) is 5.32 Å². The van der Waals surface area contributed by atoms with Crippen molar-refractivity contribution in [2.75, 3.05) is 24.2 Å². The van der Waals surface area contributed by atoms with Gasteiger partial charge in [-0.25, -0.2) is 8.42 Å². The number of benzene rings is 2. The second-order valence-corrected chi connectivity index (χ2v) is 11.0. The van der Waals surface area contributed by atoms with Crippen LogP contribution in [0.4, 0.5) is 5.69 Å². The Bertz CT molecular complexity index is 1140. The minimum absolute atomic E-state index is 0.0000403. The molecule has 0 aliphatic rings. The molecule has 0 aliphatic carbocycles. The van der Waals surface area contributed by atoms with E-state index in [1.165, 1.54) is 11.4 Å². The number of aryl methyl sites for hydroxylation is 1. The molecule has 0 heterocycles. The van der Waals surface area contributed by atoms with Crippen LogP contribution in [-0.2, 0) is 26.2 Å². The highest BCUT2D eigenvalue weighted by Crippen LogP contribution is 2.29. The van der Waals surface area contributed by atoms with Gasteiger partial charge in [0, 0.05) is 25.6 Å². The number of ether oxygens (including phenoxy) is 1. The first-order chi connectivity index (χ1) is 17.0. The zero-order valence-corrected chi connectivity index (χ0v) is 23.0. The van der Waals surface area contributed by atoms with Crippen molar-refractivity contribution in [2.45, 2.75) is 65.6 Å². The molecule has 0 aromatic heterocycles. The van der Waals surface area contributed by atoms with Crippen molar-refractivity contribution in [3.8, 4) is 5.75 Å². The second-order valence-electron chi connectivity index (χ2n) is 9.12. The average molecular weight is 518 g/mol. The largest absolute Gasteiger partial charge is 0.495 e. The van der Waals surface area contributed by atoms with Gasteiger partial charge in [0.25, 0.3) is 0 Å². The van der Waals surface area contributed by atoms with E-state index in [0.717, 1.165) is 23.8 Å². The molecule has 0 radical (unpaired) electrons. The molecule has 2 amide bonds. The van der Waals surface area contributed by atoms with E-state index < -0.39 is 16.1 Å². The Balaban J connectivity index is 2.20. The molecule has 198 valence electrons. The summed E-state index contributed by atoms with van der Waals surface area (Å²) in [6.07, 6.45) is 2.29. The van der Waals surface area contributed by atoms with Gasteiger partial charge >= 0.3 is 0 Å². The Hall–Kier alpha value is -3.07. The lowest BCUT2D eigenvalue weighted by Gasteiger charge is -2.30. The third-order valence-electron chi connectivity index (χ3n) is 6.11. The molecule has 9 heteroatoms. The quantitative estimate of drug-likeness (QED) is 0.435. The lowest BCUT2D eigenvalue weighted by molar-refractivity contribution is -0.140. The van der Waals surface area contributed by atoms with Crippen molar-refractivity contribution in [1.29, 1.82) is 0 Å². The summed E-state index contributed by atoms with van der Waals surface area (Å²) in [5, 5.41) is 2.96. The number of carbonyl (C=O) groups is 2. The summed E-state index contributed by atoms with van der Waals surface area (Å²) in [7, 11) is -2.12. The molecule has 36 heavy (non-hydrogen) atoms. The summed E-state index contributed by atoms with van der Waals surface area (Å²) in [4.78, 5) is 27.8. The molecule has 8 nitrogen and oxygen atoms in total. The Labute approximate surface area is 215 Å². The number of nitrogens with one attached hydrogen (secondary N) is 1. The third-order valence-corrected chi connectivity index (χ3v) is 7.29. The summed E-state index contributed by atoms with van der Waals surface area (Å²) in [5.74, 6) is 0.0135. The number of hydrogen-bond donors (Lipinski definition) is 1. The predicted molar refractivity (Wildman–Crippen MR) is 144 cm³/mol. The number of nitrogens with zero attached hydrogens (tertiary/aromatic N) is 2. The fraction of sp³-hybridized carbons (Fsp3) is 0.481. The van der Waals surface area contributed by atoms with Crippen LogP contribution >= 0.6 is 0 Å². The summed E-state index contributed by atoms with van der Waals surface area (Å²) in [6, 6.07) is 14.0. The highest BCUT2D eigenvalue weighted by molar-refractivity contribution is 7.92. The molecule has 2 aromatic carbocycles. The Kier molecular flexibility index (Phi) is 10.8. The van der Waals surface area contributed by atoms with Gasteiger partial charge in [-0.3, -0.25) is 13.9 Å². The highest BCUT2D eigenvalue weighted by Gasteiger charge is 2.27. The van der Waals surface area contributed by atoms with Crippen LogP contribution in [0.5, 0.6) is 5.75 Å². The number of carbonyl (C=O) groups excluding carboxylic acids is 2. The summed E-state index contributed by atoms with van der Waals surface area (Å²) >= 11 is 0. The lowest BCUT2D eigenvalue weighted by Crippen LogP contribution is -2.49. The number of methoxy groups -OCH3 is 1. The van der Waals surface area contributed by atoms with Gasteiger partial charge in [-0.2, -0.15) is 0 Å². The van der Waals surface area contributed by atoms with Gasteiger partial charge in [0.15, 0.2) is 0 Å². The second kappa shape index (κ2) is 13.3. The smallest absolute Gasteiger partial charge is 0.242 e. The molecule has 0 bridgehead atoms. The molecule has 0 saturated heterocycles. The van der Waals surface area contributed by atoms with Crippen LogP contribution in [0.25, 0.3) is 0 Å². The van der Waals surface area contributed by atoms with Crippen LogP contribution in [0.1, 0.15) is 51.2 Å². The number of para-hydroxylation sites is 2. The number of anilines is 1. The van der Waals surface area contributed by atoms with Crippen molar-refractivity contribution in [2.24, 2.45) is 0 Å². The monoisotopic (exact) mass is 517 g/mol. The maximum Gasteiger partial charge on any atom is 0.242 e. The van der Waals surface area contributed by atoms with E-state index in [0.29, 0.717) is 11.4 Å². The normalized spacial score (nSPS) is 12.9. The van der Waals surface area contributed by atoms with Crippen molar-refractivity contribution < 1.29 is 22.7 Å². The molecule has 0 spiro atoms. The standard InChI is InChI=1S/C27H39N3O5S/c1-7-21(3)28-27(32)22(4)29(19-23-13-10-12-20(2)18-23)26(31)16-11-17-30(36(6,33)34)24-14-8-9-15-25(24)35-5/h8-10,12-15,18,21-22H,7,11,16-17,19H2,1-6H3,(H,28,32)/t21-,22-/m0/s1. The van der Waals surface area contributed by atoms with Crippen LogP contribution in [0.3, 0.4) is 0 Å². The van der Waals surface area contributed by atoms with Gasteiger partial charge in [0.1, 0.15) is 11.8 Å². The molecule has 2 aromatic rings. The Morgan fingerprint density at radius 2 is 1.78 bits per heavy atom. The number of amides is 2.